The highest BCUT2D eigenvalue weighted by Crippen LogP contribution is 2.56. The molecular weight excluding hydrogens is 667 g/mol. The van der Waals surface area contributed by atoms with Gasteiger partial charge in [0.05, 0.1) is 5.69 Å². The van der Waals surface area contributed by atoms with Crippen LogP contribution in [0.25, 0.3) is 76.9 Å². The van der Waals surface area contributed by atoms with E-state index in [4.69, 9.17) is 4.42 Å². The van der Waals surface area contributed by atoms with Crippen molar-refractivity contribution in [1.82, 2.24) is 0 Å². The van der Waals surface area contributed by atoms with Crippen molar-refractivity contribution >= 4 is 60.5 Å². The molecule has 0 saturated carbocycles. The third-order valence-electron chi connectivity index (χ3n) is 11.8. The molecule has 2 heteroatoms. The van der Waals surface area contributed by atoms with E-state index in [0.29, 0.717) is 0 Å². The Morgan fingerprint density at radius 2 is 1.04 bits per heavy atom. The zero-order valence-corrected chi connectivity index (χ0v) is 30.8. The van der Waals surface area contributed by atoms with E-state index in [0.717, 1.165) is 44.4 Å². The van der Waals surface area contributed by atoms with Gasteiger partial charge >= 0.3 is 0 Å². The summed E-state index contributed by atoms with van der Waals surface area (Å²) < 4.78 is 6.46. The number of anilines is 3. The molecule has 1 aromatic heterocycles. The van der Waals surface area contributed by atoms with Gasteiger partial charge < -0.3 is 9.32 Å². The van der Waals surface area contributed by atoms with Crippen molar-refractivity contribution in [2.45, 2.75) is 19.3 Å². The standard InChI is InChI=1S/C53H37NO/c1-53(2)47-20-9-7-17-46(47)50-48(33-39-14-5-6-15-42(39)51(50)53)54(40-28-24-35(25-29-40)38-23-22-34-12-3-4-13-37(34)32-38)41-30-26-36(27-31-41)43-18-11-19-45-44-16-8-10-21-49(44)55-52(43)45/h3-33H,1-2H3. The first-order valence-corrected chi connectivity index (χ1v) is 19.1. The molecule has 0 fully saturated rings. The van der Waals surface area contributed by atoms with E-state index in [-0.39, 0.29) is 5.41 Å². The zero-order valence-electron chi connectivity index (χ0n) is 30.8. The maximum atomic E-state index is 6.46. The molecule has 0 radical (unpaired) electrons. The van der Waals surface area contributed by atoms with Crippen LogP contribution < -0.4 is 4.90 Å². The second kappa shape index (κ2) is 12.1. The minimum Gasteiger partial charge on any atom is -0.455 e. The van der Waals surface area contributed by atoms with Gasteiger partial charge in [-0.25, -0.2) is 0 Å². The van der Waals surface area contributed by atoms with Crippen molar-refractivity contribution in [2.24, 2.45) is 0 Å². The number of nitrogens with zero attached hydrogens (tertiary/aromatic N) is 1. The Balaban J connectivity index is 1.11. The van der Waals surface area contributed by atoms with E-state index >= 15 is 0 Å². The SMILES string of the molecule is CC1(C)c2ccccc2-c2c(N(c3ccc(-c4ccc5ccccc5c4)cc3)c3ccc(-c4cccc5c4oc4ccccc45)cc3)cc3ccccc3c21. The highest BCUT2D eigenvalue weighted by atomic mass is 16.3. The number of para-hydroxylation sites is 2. The van der Waals surface area contributed by atoms with Crippen LogP contribution in [0.4, 0.5) is 17.1 Å². The van der Waals surface area contributed by atoms with Gasteiger partial charge in [-0.05, 0) is 97.4 Å². The molecule has 0 atom stereocenters. The maximum Gasteiger partial charge on any atom is 0.143 e. The highest BCUT2D eigenvalue weighted by Gasteiger charge is 2.39. The lowest BCUT2D eigenvalue weighted by molar-refractivity contribution is 0.666. The third kappa shape index (κ3) is 4.88. The van der Waals surface area contributed by atoms with Crippen molar-refractivity contribution in [3.05, 3.63) is 199 Å². The summed E-state index contributed by atoms with van der Waals surface area (Å²) in [4.78, 5) is 2.46. The van der Waals surface area contributed by atoms with Crippen molar-refractivity contribution < 1.29 is 4.42 Å². The van der Waals surface area contributed by atoms with Crippen LogP contribution in [-0.4, -0.2) is 0 Å². The Labute approximate surface area is 320 Å². The van der Waals surface area contributed by atoms with E-state index in [9.17, 15) is 0 Å². The molecule has 1 heterocycles. The maximum absolute atomic E-state index is 6.46. The topological polar surface area (TPSA) is 16.4 Å². The summed E-state index contributed by atoms with van der Waals surface area (Å²) in [5, 5.41) is 7.33. The number of hydrogen-bond donors (Lipinski definition) is 0. The summed E-state index contributed by atoms with van der Waals surface area (Å²) >= 11 is 0. The second-order valence-corrected chi connectivity index (χ2v) is 15.3. The molecule has 0 spiro atoms. The summed E-state index contributed by atoms with van der Waals surface area (Å²) in [5.74, 6) is 0. The average molecular weight is 704 g/mol. The molecule has 0 saturated heterocycles. The Morgan fingerprint density at radius 3 is 1.84 bits per heavy atom. The summed E-state index contributed by atoms with van der Waals surface area (Å²) in [5.41, 5.74) is 15.0. The molecule has 1 aliphatic rings. The molecule has 1 aliphatic carbocycles. The van der Waals surface area contributed by atoms with Gasteiger partial charge in [0.2, 0.25) is 0 Å². The van der Waals surface area contributed by atoms with Crippen LogP contribution in [0.2, 0.25) is 0 Å². The Bertz CT molecular complexity index is 3110. The molecule has 260 valence electrons. The normalized spacial score (nSPS) is 13.1. The molecule has 55 heavy (non-hydrogen) atoms. The second-order valence-electron chi connectivity index (χ2n) is 15.3. The van der Waals surface area contributed by atoms with Gasteiger partial charge in [0.15, 0.2) is 0 Å². The first-order chi connectivity index (χ1) is 27.0. The number of hydrogen-bond acceptors (Lipinski definition) is 2. The summed E-state index contributed by atoms with van der Waals surface area (Å²) in [7, 11) is 0. The minimum atomic E-state index is -0.164. The molecule has 0 bridgehead atoms. The van der Waals surface area contributed by atoms with Gasteiger partial charge in [0.25, 0.3) is 0 Å². The summed E-state index contributed by atoms with van der Waals surface area (Å²) in [6.45, 7) is 4.76. The van der Waals surface area contributed by atoms with Crippen LogP contribution in [0.3, 0.4) is 0 Å². The first kappa shape index (κ1) is 31.6. The smallest absolute Gasteiger partial charge is 0.143 e. The number of furan rings is 1. The summed E-state index contributed by atoms with van der Waals surface area (Å²) in [6, 6.07) is 68.4. The lowest BCUT2D eigenvalue weighted by atomic mass is 9.80. The van der Waals surface area contributed by atoms with E-state index < -0.39 is 0 Å². The van der Waals surface area contributed by atoms with Crippen molar-refractivity contribution in [2.75, 3.05) is 4.90 Å². The average Bonchev–Trinajstić information content (AvgIpc) is 3.74. The van der Waals surface area contributed by atoms with Crippen LogP contribution in [0.1, 0.15) is 25.0 Å². The highest BCUT2D eigenvalue weighted by molar-refractivity contribution is 6.10. The molecule has 2 nitrogen and oxygen atoms in total. The first-order valence-electron chi connectivity index (χ1n) is 19.1. The Kier molecular flexibility index (Phi) is 6.93. The lowest BCUT2D eigenvalue weighted by Crippen LogP contribution is -2.16. The van der Waals surface area contributed by atoms with Crippen molar-refractivity contribution in [1.29, 1.82) is 0 Å². The molecule has 10 aromatic rings. The quantitative estimate of drug-likeness (QED) is 0.177. The zero-order chi connectivity index (χ0) is 36.7. The van der Waals surface area contributed by atoms with E-state index in [1.54, 1.807) is 0 Å². The Morgan fingerprint density at radius 1 is 0.436 bits per heavy atom. The van der Waals surface area contributed by atoms with Gasteiger partial charge in [-0.15, -0.1) is 0 Å². The third-order valence-corrected chi connectivity index (χ3v) is 11.8. The molecule has 0 aliphatic heterocycles. The van der Waals surface area contributed by atoms with Gasteiger partial charge in [-0.3, -0.25) is 0 Å². The van der Waals surface area contributed by atoms with E-state index in [2.05, 4.69) is 195 Å². The lowest BCUT2D eigenvalue weighted by Gasteiger charge is -2.30. The fourth-order valence-corrected chi connectivity index (χ4v) is 9.18. The van der Waals surface area contributed by atoms with E-state index in [1.165, 1.54) is 60.6 Å². The predicted molar refractivity (Wildman–Crippen MR) is 232 cm³/mol. The van der Waals surface area contributed by atoms with Gasteiger partial charge in [0, 0.05) is 38.7 Å². The predicted octanol–water partition coefficient (Wildman–Crippen LogP) is 15.0. The van der Waals surface area contributed by atoms with Crippen LogP contribution in [-0.2, 0) is 5.41 Å². The summed E-state index contributed by atoms with van der Waals surface area (Å²) in [6.07, 6.45) is 0. The monoisotopic (exact) mass is 703 g/mol. The van der Waals surface area contributed by atoms with Gasteiger partial charge in [0.1, 0.15) is 11.2 Å². The molecule has 0 N–H and O–H groups in total. The van der Waals surface area contributed by atoms with Crippen LogP contribution in [0.15, 0.2) is 192 Å². The van der Waals surface area contributed by atoms with Crippen LogP contribution in [0, 0.1) is 0 Å². The molecule has 9 aromatic carbocycles. The van der Waals surface area contributed by atoms with Gasteiger partial charge in [-0.2, -0.15) is 0 Å². The molecular formula is C53H37NO. The fourth-order valence-electron chi connectivity index (χ4n) is 9.18. The molecule has 0 unspecified atom stereocenters. The number of fused-ring (bicyclic) bond motifs is 9. The fraction of sp³-hybridized carbons (Fsp3) is 0.0566. The van der Waals surface area contributed by atoms with E-state index in [1.807, 2.05) is 12.1 Å². The largest absolute Gasteiger partial charge is 0.455 e. The van der Waals surface area contributed by atoms with Crippen LogP contribution >= 0.6 is 0 Å². The Hall–Kier alpha value is -6.90. The van der Waals surface area contributed by atoms with Crippen molar-refractivity contribution in [3.63, 3.8) is 0 Å². The van der Waals surface area contributed by atoms with Crippen LogP contribution in [0.5, 0.6) is 0 Å². The van der Waals surface area contributed by atoms with Crippen molar-refractivity contribution in [3.8, 4) is 33.4 Å². The van der Waals surface area contributed by atoms with Gasteiger partial charge in [-0.1, -0.05) is 159 Å². The molecule has 0 amide bonds. The number of benzene rings is 9. The number of rotatable bonds is 5. The minimum absolute atomic E-state index is 0.164. The molecule has 11 rings (SSSR count).